The molecule has 0 radical (unpaired) electrons. The third-order valence-electron chi connectivity index (χ3n) is 4.53. The Labute approximate surface area is 164 Å². The van der Waals surface area contributed by atoms with E-state index in [1.54, 1.807) is 0 Å². The molecule has 142 valence electrons. The molecule has 2 rings (SSSR count). The fourth-order valence-corrected chi connectivity index (χ4v) is 3.79. The van der Waals surface area contributed by atoms with Crippen molar-refractivity contribution in [3.8, 4) is 0 Å². The first kappa shape index (κ1) is 26.1. The van der Waals surface area contributed by atoms with Crippen molar-refractivity contribution in [2.24, 2.45) is 11.5 Å². The highest BCUT2D eigenvalue weighted by Gasteiger charge is 2.23. The lowest BCUT2D eigenvalue weighted by molar-refractivity contribution is 0.563. The van der Waals surface area contributed by atoms with Gasteiger partial charge in [-0.25, -0.2) is 0 Å². The van der Waals surface area contributed by atoms with Gasteiger partial charge in [-0.05, 0) is 74.9 Å². The lowest BCUT2D eigenvalue weighted by Gasteiger charge is -2.27. The first-order chi connectivity index (χ1) is 10.2. The van der Waals surface area contributed by atoms with Gasteiger partial charge < -0.3 is 16.9 Å². The SMILES string of the molecule is Cc1cc(C)c(C(N)C(N)c2c(C)cc(C)cc2C)c(C)c1.Cl.Cl.O. The van der Waals surface area contributed by atoms with Crippen molar-refractivity contribution >= 4 is 24.8 Å². The van der Waals surface area contributed by atoms with E-state index in [4.69, 9.17) is 11.5 Å². The van der Waals surface area contributed by atoms with Crippen LogP contribution in [-0.2, 0) is 0 Å². The van der Waals surface area contributed by atoms with Crippen molar-refractivity contribution < 1.29 is 5.48 Å². The molecule has 0 bridgehead atoms. The Morgan fingerprint density at radius 1 is 0.560 bits per heavy atom. The van der Waals surface area contributed by atoms with E-state index in [0.717, 1.165) is 0 Å². The summed E-state index contributed by atoms with van der Waals surface area (Å²) >= 11 is 0. The van der Waals surface area contributed by atoms with Gasteiger partial charge in [-0.1, -0.05) is 35.4 Å². The Kier molecular flexibility index (Phi) is 10.6. The van der Waals surface area contributed by atoms with Crippen LogP contribution >= 0.6 is 24.8 Å². The van der Waals surface area contributed by atoms with Gasteiger partial charge in [0, 0.05) is 12.1 Å². The van der Waals surface area contributed by atoms with Gasteiger partial charge in [0.05, 0.1) is 0 Å². The average Bonchev–Trinajstić information content (AvgIpc) is 2.35. The van der Waals surface area contributed by atoms with Crippen LogP contribution in [0, 0.1) is 41.5 Å². The Morgan fingerprint density at radius 2 is 0.760 bits per heavy atom. The number of nitrogens with two attached hydrogens (primary N) is 2. The van der Waals surface area contributed by atoms with Crippen molar-refractivity contribution in [3.05, 3.63) is 68.8 Å². The number of hydrogen-bond donors (Lipinski definition) is 2. The average molecular weight is 387 g/mol. The number of benzene rings is 2. The summed E-state index contributed by atoms with van der Waals surface area (Å²) in [6.45, 7) is 12.7. The van der Waals surface area contributed by atoms with Crippen LogP contribution in [0.1, 0.15) is 56.6 Å². The van der Waals surface area contributed by atoms with E-state index in [1.807, 2.05) is 0 Å². The molecule has 0 aliphatic heterocycles. The van der Waals surface area contributed by atoms with Crippen molar-refractivity contribution in [1.29, 1.82) is 0 Å². The molecule has 2 atom stereocenters. The summed E-state index contributed by atoms with van der Waals surface area (Å²) < 4.78 is 0. The molecule has 6 N–H and O–H groups in total. The first-order valence-corrected chi connectivity index (χ1v) is 7.89. The topological polar surface area (TPSA) is 83.5 Å². The highest BCUT2D eigenvalue weighted by molar-refractivity contribution is 5.85. The van der Waals surface area contributed by atoms with Crippen LogP contribution in [0.2, 0.25) is 0 Å². The lowest BCUT2D eigenvalue weighted by atomic mass is 9.85. The maximum atomic E-state index is 6.57. The smallest absolute Gasteiger partial charge is 0.0496 e. The molecule has 2 aromatic rings. The van der Waals surface area contributed by atoms with Crippen molar-refractivity contribution in [2.75, 3.05) is 0 Å². The molecule has 3 nitrogen and oxygen atoms in total. The third-order valence-corrected chi connectivity index (χ3v) is 4.53. The molecule has 0 aromatic heterocycles. The van der Waals surface area contributed by atoms with Gasteiger partial charge in [0.2, 0.25) is 0 Å². The summed E-state index contributed by atoms with van der Waals surface area (Å²) in [5.41, 5.74) is 22.9. The van der Waals surface area contributed by atoms with Gasteiger partial charge >= 0.3 is 0 Å². The zero-order chi connectivity index (χ0) is 16.6. The van der Waals surface area contributed by atoms with E-state index in [1.165, 1.54) is 44.5 Å². The zero-order valence-corrected chi connectivity index (χ0v) is 17.6. The predicted molar refractivity (Wildman–Crippen MR) is 113 cm³/mol. The van der Waals surface area contributed by atoms with Crippen LogP contribution in [-0.4, -0.2) is 5.48 Å². The monoisotopic (exact) mass is 386 g/mol. The first-order valence-electron chi connectivity index (χ1n) is 7.89. The summed E-state index contributed by atoms with van der Waals surface area (Å²) in [6, 6.07) is 8.35. The van der Waals surface area contributed by atoms with Crippen LogP contribution in [0.4, 0.5) is 0 Å². The van der Waals surface area contributed by atoms with E-state index in [-0.39, 0.29) is 42.4 Å². The Hall–Kier alpha value is -1.10. The highest BCUT2D eigenvalue weighted by Crippen LogP contribution is 2.33. The molecule has 2 unspecified atom stereocenters. The van der Waals surface area contributed by atoms with E-state index < -0.39 is 0 Å². The van der Waals surface area contributed by atoms with E-state index >= 15 is 0 Å². The molecular weight excluding hydrogens is 355 g/mol. The van der Waals surface area contributed by atoms with Crippen LogP contribution < -0.4 is 11.5 Å². The number of rotatable bonds is 3. The summed E-state index contributed by atoms with van der Waals surface area (Å²) in [5.74, 6) is 0. The number of hydrogen-bond acceptors (Lipinski definition) is 2. The number of halogens is 2. The predicted octanol–water partition coefficient (Wildman–Crippen LogP) is 4.26. The molecule has 0 amide bonds. The molecule has 0 saturated carbocycles. The van der Waals surface area contributed by atoms with Gasteiger partial charge in [-0.2, -0.15) is 0 Å². The van der Waals surface area contributed by atoms with E-state index in [0.29, 0.717) is 0 Å². The normalized spacial score (nSPS) is 12.3. The minimum atomic E-state index is -0.194. The van der Waals surface area contributed by atoms with Crippen LogP contribution in [0.15, 0.2) is 24.3 Å². The van der Waals surface area contributed by atoms with Gasteiger partial charge in [-0.15, -0.1) is 24.8 Å². The van der Waals surface area contributed by atoms with Gasteiger partial charge in [0.25, 0.3) is 0 Å². The Balaban J connectivity index is 0. The second-order valence-corrected chi connectivity index (χ2v) is 6.68. The quantitative estimate of drug-likeness (QED) is 0.825. The molecule has 2 aromatic carbocycles. The molecule has 0 fully saturated rings. The molecular formula is C20H32Cl2N2O. The minimum absolute atomic E-state index is 0. The van der Waals surface area contributed by atoms with Crippen molar-refractivity contribution in [1.82, 2.24) is 0 Å². The largest absolute Gasteiger partial charge is 0.412 e. The minimum Gasteiger partial charge on any atom is -0.412 e. The standard InChI is InChI=1S/C20H28N2.2ClH.H2O/c1-11-7-13(3)17(14(4)8-11)19(21)20(22)18-15(5)9-12(2)10-16(18)6;;;/h7-10,19-20H,21-22H2,1-6H3;2*1H;1H2. The van der Waals surface area contributed by atoms with Crippen molar-refractivity contribution in [2.45, 2.75) is 53.6 Å². The third kappa shape index (κ3) is 5.44. The van der Waals surface area contributed by atoms with Gasteiger partial charge in [-0.3, -0.25) is 0 Å². The second-order valence-electron chi connectivity index (χ2n) is 6.68. The summed E-state index contributed by atoms with van der Waals surface area (Å²) in [5, 5.41) is 0. The molecule has 5 heteroatoms. The van der Waals surface area contributed by atoms with Crippen molar-refractivity contribution in [3.63, 3.8) is 0 Å². The van der Waals surface area contributed by atoms with E-state index in [9.17, 15) is 0 Å². The maximum Gasteiger partial charge on any atom is 0.0496 e. The molecule has 0 spiro atoms. The molecule has 25 heavy (non-hydrogen) atoms. The fourth-order valence-electron chi connectivity index (χ4n) is 3.79. The van der Waals surface area contributed by atoms with Crippen LogP contribution in [0.3, 0.4) is 0 Å². The zero-order valence-electron chi connectivity index (χ0n) is 15.9. The van der Waals surface area contributed by atoms with Gasteiger partial charge in [0.1, 0.15) is 0 Å². The van der Waals surface area contributed by atoms with Gasteiger partial charge in [0.15, 0.2) is 0 Å². The maximum absolute atomic E-state index is 6.57. The molecule has 0 aliphatic rings. The lowest BCUT2D eigenvalue weighted by Crippen LogP contribution is -2.29. The van der Waals surface area contributed by atoms with E-state index in [2.05, 4.69) is 65.8 Å². The molecule has 0 saturated heterocycles. The molecule has 0 heterocycles. The molecule has 0 aliphatic carbocycles. The summed E-state index contributed by atoms with van der Waals surface area (Å²) in [7, 11) is 0. The highest BCUT2D eigenvalue weighted by atomic mass is 35.5. The fraction of sp³-hybridized carbons (Fsp3) is 0.400. The van der Waals surface area contributed by atoms with Crippen LogP contribution in [0.5, 0.6) is 0 Å². The van der Waals surface area contributed by atoms with Crippen LogP contribution in [0.25, 0.3) is 0 Å². The summed E-state index contributed by atoms with van der Waals surface area (Å²) in [6.07, 6.45) is 0. The summed E-state index contributed by atoms with van der Waals surface area (Å²) in [4.78, 5) is 0. The Morgan fingerprint density at radius 3 is 0.960 bits per heavy atom. The Bertz CT molecular complexity index is 609. The number of aryl methyl sites for hydroxylation is 6. The second kappa shape index (κ2) is 10.1.